The number of rotatable bonds is 2. The molecule has 20 heavy (non-hydrogen) atoms. The molecule has 0 unspecified atom stereocenters. The minimum atomic E-state index is -4.36. The van der Waals surface area contributed by atoms with E-state index in [1.54, 1.807) is 16.9 Å². The molecule has 3 aromatic rings. The fraction of sp³-hybridized carbons (Fsp3) is 0.154. The summed E-state index contributed by atoms with van der Waals surface area (Å²) in [7, 11) is 0. The second kappa shape index (κ2) is 4.52. The maximum absolute atomic E-state index is 12.7. The lowest BCUT2D eigenvalue weighted by molar-refractivity contribution is -0.137. The summed E-state index contributed by atoms with van der Waals surface area (Å²) < 4.78 is 45.1. The minimum Gasteiger partial charge on any atom is -0.472 e. The maximum Gasteiger partial charge on any atom is 0.416 e. The van der Waals surface area contributed by atoms with Crippen LogP contribution < -0.4 is 0 Å². The third-order valence-electron chi connectivity index (χ3n) is 3.02. The Labute approximate surface area is 116 Å². The second-order valence-corrected chi connectivity index (χ2v) is 4.76. The molecular weight excluding hydrogens is 289 g/mol. The standard InChI is InChI=1S/C13H9F3N2OS/c14-13(15,16)9-1-2-11-10(5-9)17-12(20)18(11)6-8-3-4-19-7-8/h1-5,7H,6H2,(H,17,20). The zero-order valence-electron chi connectivity index (χ0n) is 10.1. The predicted octanol–water partition coefficient (Wildman–Crippen LogP) is 4.36. The molecule has 0 saturated heterocycles. The molecular formula is C13H9F3N2OS. The van der Waals surface area contributed by atoms with E-state index in [-0.39, 0.29) is 0 Å². The van der Waals surface area contributed by atoms with Gasteiger partial charge >= 0.3 is 6.18 Å². The molecule has 1 N–H and O–H groups in total. The molecule has 7 heteroatoms. The Hall–Kier alpha value is -2.02. The van der Waals surface area contributed by atoms with E-state index < -0.39 is 11.7 Å². The average Bonchev–Trinajstić information content (AvgIpc) is 2.97. The molecule has 3 nitrogen and oxygen atoms in total. The summed E-state index contributed by atoms with van der Waals surface area (Å²) in [6.07, 6.45) is -1.25. The molecule has 0 spiro atoms. The van der Waals surface area contributed by atoms with Crippen molar-refractivity contribution in [2.45, 2.75) is 12.7 Å². The Morgan fingerprint density at radius 1 is 1.25 bits per heavy atom. The number of hydrogen-bond donors (Lipinski definition) is 1. The van der Waals surface area contributed by atoms with Crippen LogP contribution in [0, 0.1) is 4.77 Å². The van der Waals surface area contributed by atoms with E-state index >= 15 is 0 Å². The first-order valence-electron chi connectivity index (χ1n) is 5.76. The van der Waals surface area contributed by atoms with Gasteiger partial charge in [-0.3, -0.25) is 0 Å². The van der Waals surface area contributed by atoms with Crippen LogP contribution in [0.1, 0.15) is 11.1 Å². The number of furan rings is 1. The van der Waals surface area contributed by atoms with E-state index in [0.717, 1.165) is 17.7 Å². The fourth-order valence-electron chi connectivity index (χ4n) is 2.06. The van der Waals surface area contributed by atoms with Crippen LogP contribution in [0.3, 0.4) is 0 Å². The molecule has 0 aliphatic rings. The van der Waals surface area contributed by atoms with Crippen LogP contribution in [0.5, 0.6) is 0 Å². The summed E-state index contributed by atoms with van der Waals surface area (Å²) >= 11 is 5.16. The SMILES string of the molecule is FC(F)(F)c1ccc2c(c1)[nH]c(=S)n2Cc1ccoc1. The number of fused-ring (bicyclic) bond motifs is 1. The Bertz CT molecular complexity index is 799. The smallest absolute Gasteiger partial charge is 0.416 e. The number of hydrogen-bond acceptors (Lipinski definition) is 2. The molecule has 0 saturated carbocycles. The van der Waals surface area contributed by atoms with E-state index in [9.17, 15) is 13.2 Å². The van der Waals surface area contributed by atoms with E-state index in [1.165, 1.54) is 12.3 Å². The topological polar surface area (TPSA) is 33.9 Å². The van der Waals surface area contributed by atoms with Gasteiger partial charge in [-0.05, 0) is 36.5 Å². The zero-order chi connectivity index (χ0) is 14.3. The number of halogens is 3. The Morgan fingerprint density at radius 2 is 2.05 bits per heavy atom. The summed E-state index contributed by atoms with van der Waals surface area (Å²) in [6, 6.07) is 5.32. The third-order valence-corrected chi connectivity index (χ3v) is 3.34. The number of benzene rings is 1. The number of nitrogens with zero attached hydrogens (tertiary/aromatic N) is 1. The Balaban J connectivity index is 2.10. The van der Waals surface area contributed by atoms with Crippen LogP contribution in [-0.4, -0.2) is 9.55 Å². The highest BCUT2D eigenvalue weighted by molar-refractivity contribution is 7.71. The van der Waals surface area contributed by atoms with Crippen LogP contribution in [0.4, 0.5) is 13.2 Å². The summed E-state index contributed by atoms with van der Waals surface area (Å²) in [5, 5.41) is 0. The van der Waals surface area contributed by atoms with Crippen molar-refractivity contribution in [3.05, 3.63) is 52.7 Å². The first kappa shape index (κ1) is 13.0. The largest absolute Gasteiger partial charge is 0.472 e. The monoisotopic (exact) mass is 298 g/mol. The number of imidazole rings is 1. The molecule has 0 aliphatic carbocycles. The van der Waals surface area contributed by atoms with Crippen LogP contribution in [0.15, 0.2) is 41.2 Å². The van der Waals surface area contributed by atoms with Crippen molar-refractivity contribution in [1.82, 2.24) is 9.55 Å². The van der Waals surface area contributed by atoms with Gasteiger partial charge < -0.3 is 14.0 Å². The lowest BCUT2D eigenvalue weighted by atomic mass is 10.2. The lowest BCUT2D eigenvalue weighted by Crippen LogP contribution is -2.04. The fourth-order valence-corrected chi connectivity index (χ4v) is 2.33. The molecule has 0 bridgehead atoms. The average molecular weight is 298 g/mol. The molecule has 1 aromatic carbocycles. The van der Waals surface area contributed by atoms with Crippen LogP contribution in [0.25, 0.3) is 11.0 Å². The van der Waals surface area contributed by atoms with Gasteiger partial charge in [0.25, 0.3) is 0 Å². The summed E-state index contributed by atoms with van der Waals surface area (Å²) in [6.45, 7) is 0.445. The zero-order valence-corrected chi connectivity index (χ0v) is 10.9. The molecule has 0 aliphatic heterocycles. The van der Waals surface area contributed by atoms with Gasteiger partial charge in [0.15, 0.2) is 4.77 Å². The van der Waals surface area contributed by atoms with Gasteiger partial charge in [0.2, 0.25) is 0 Å². The molecule has 0 fully saturated rings. The van der Waals surface area contributed by atoms with E-state index in [4.69, 9.17) is 16.6 Å². The predicted molar refractivity (Wildman–Crippen MR) is 69.9 cm³/mol. The van der Waals surface area contributed by atoms with Crippen molar-refractivity contribution in [3.8, 4) is 0 Å². The number of aromatic nitrogens is 2. The molecule has 2 aromatic heterocycles. The number of nitrogens with one attached hydrogen (secondary N) is 1. The van der Waals surface area contributed by atoms with Gasteiger partial charge in [-0.25, -0.2) is 0 Å². The van der Waals surface area contributed by atoms with E-state index in [0.29, 0.717) is 22.3 Å². The quantitative estimate of drug-likeness (QED) is 0.713. The molecule has 3 rings (SSSR count). The summed E-state index contributed by atoms with van der Waals surface area (Å²) in [5.41, 5.74) is 1.19. The van der Waals surface area contributed by atoms with E-state index in [1.807, 2.05) is 0 Å². The highest BCUT2D eigenvalue weighted by Gasteiger charge is 2.30. The van der Waals surface area contributed by atoms with Gasteiger partial charge in [0.1, 0.15) is 0 Å². The highest BCUT2D eigenvalue weighted by Crippen LogP contribution is 2.31. The number of alkyl halides is 3. The second-order valence-electron chi connectivity index (χ2n) is 4.38. The molecule has 104 valence electrons. The van der Waals surface area contributed by atoms with Gasteiger partial charge in [-0.2, -0.15) is 13.2 Å². The maximum atomic E-state index is 12.7. The van der Waals surface area contributed by atoms with Crippen molar-refractivity contribution >= 4 is 23.3 Å². The van der Waals surface area contributed by atoms with Crippen LogP contribution >= 0.6 is 12.2 Å². The van der Waals surface area contributed by atoms with Gasteiger partial charge in [-0.1, -0.05) is 0 Å². The summed E-state index contributed by atoms with van der Waals surface area (Å²) in [4.78, 5) is 2.80. The Kier molecular flexibility index (Phi) is 2.93. The van der Waals surface area contributed by atoms with Crippen molar-refractivity contribution < 1.29 is 17.6 Å². The first-order valence-corrected chi connectivity index (χ1v) is 6.17. The molecule has 0 atom stereocenters. The lowest BCUT2D eigenvalue weighted by Gasteiger charge is -2.07. The van der Waals surface area contributed by atoms with Crippen molar-refractivity contribution in [2.24, 2.45) is 0 Å². The Morgan fingerprint density at radius 3 is 2.70 bits per heavy atom. The van der Waals surface area contributed by atoms with Gasteiger partial charge in [-0.15, -0.1) is 0 Å². The van der Waals surface area contributed by atoms with Crippen LogP contribution in [-0.2, 0) is 12.7 Å². The summed E-state index contributed by atoms with van der Waals surface area (Å²) in [5.74, 6) is 0. The van der Waals surface area contributed by atoms with Crippen LogP contribution in [0.2, 0.25) is 0 Å². The highest BCUT2D eigenvalue weighted by atomic mass is 32.1. The van der Waals surface area contributed by atoms with Gasteiger partial charge in [0, 0.05) is 5.56 Å². The number of H-pyrrole nitrogens is 1. The third kappa shape index (κ3) is 2.24. The minimum absolute atomic E-state index is 0.369. The van der Waals surface area contributed by atoms with Crippen molar-refractivity contribution in [1.29, 1.82) is 0 Å². The number of aromatic amines is 1. The first-order chi connectivity index (χ1) is 9.45. The molecule has 0 radical (unpaired) electrons. The van der Waals surface area contributed by atoms with Crippen molar-refractivity contribution in [3.63, 3.8) is 0 Å². The molecule has 2 heterocycles. The molecule has 0 amide bonds. The van der Waals surface area contributed by atoms with Gasteiger partial charge in [0.05, 0.1) is 35.7 Å². The van der Waals surface area contributed by atoms with Crippen molar-refractivity contribution in [2.75, 3.05) is 0 Å². The normalized spacial score (nSPS) is 12.2. The van der Waals surface area contributed by atoms with E-state index in [2.05, 4.69) is 4.98 Å².